The summed E-state index contributed by atoms with van der Waals surface area (Å²) < 4.78 is 5.69. The van der Waals surface area contributed by atoms with Crippen LogP contribution in [0.2, 0.25) is 5.02 Å². The number of nitrogens with zero attached hydrogens (tertiary/aromatic N) is 1. The molecule has 5 heteroatoms. The molecule has 0 aliphatic carbocycles. The third-order valence-electron chi connectivity index (χ3n) is 3.55. The van der Waals surface area contributed by atoms with Crippen molar-refractivity contribution in [1.29, 1.82) is 0 Å². The number of hydrogen-bond donors (Lipinski definition) is 1. The van der Waals surface area contributed by atoms with Gasteiger partial charge >= 0.3 is 0 Å². The maximum absolute atomic E-state index is 12.2. The number of rotatable bonds is 4. The van der Waals surface area contributed by atoms with Gasteiger partial charge in [-0.05, 0) is 44.4 Å². The Morgan fingerprint density at radius 2 is 2.00 bits per heavy atom. The van der Waals surface area contributed by atoms with Gasteiger partial charge in [0.15, 0.2) is 6.10 Å². The zero-order chi connectivity index (χ0) is 14.7. The van der Waals surface area contributed by atoms with E-state index >= 15 is 0 Å². The van der Waals surface area contributed by atoms with E-state index in [9.17, 15) is 4.79 Å². The van der Waals surface area contributed by atoms with E-state index in [2.05, 4.69) is 0 Å². The van der Waals surface area contributed by atoms with Gasteiger partial charge in [0.05, 0.1) is 5.02 Å². The Hall–Kier alpha value is -1.26. The van der Waals surface area contributed by atoms with E-state index in [0.717, 1.165) is 31.5 Å². The monoisotopic (exact) mass is 296 g/mol. The fourth-order valence-electron chi connectivity index (χ4n) is 2.33. The molecule has 0 saturated carbocycles. The minimum atomic E-state index is -0.522. The van der Waals surface area contributed by atoms with E-state index in [1.807, 2.05) is 17.9 Å². The minimum absolute atomic E-state index is 0.0230. The molecule has 2 atom stereocenters. The van der Waals surface area contributed by atoms with E-state index in [-0.39, 0.29) is 11.9 Å². The zero-order valence-corrected chi connectivity index (χ0v) is 12.7. The molecule has 110 valence electrons. The summed E-state index contributed by atoms with van der Waals surface area (Å²) in [6.45, 7) is 5.30. The first-order chi connectivity index (χ1) is 9.49. The molecule has 1 fully saturated rings. The SMILES string of the molecule is CC(Oc1ccc([C@@H](C)N)cc1Cl)C(=O)N1CCCC1. The third kappa shape index (κ3) is 3.44. The van der Waals surface area contributed by atoms with Gasteiger partial charge in [0, 0.05) is 19.1 Å². The second-order valence-corrected chi connectivity index (χ2v) is 5.68. The summed E-state index contributed by atoms with van der Waals surface area (Å²) in [4.78, 5) is 14.0. The van der Waals surface area contributed by atoms with Crippen LogP contribution < -0.4 is 10.5 Å². The van der Waals surface area contributed by atoms with Crippen LogP contribution in [0.15, 0.2) is 18.2 Å². The third-order valence-corrected chi connectivity index (χ3v) is 3.85. The fraction of sp³-hybridized carbons (Fsp3) is 0.533. The van der Waals surface area contributed by atoms with Crippen molar-refractivity contribution in [1.82, 2.24) is 4.90 Å². The summed E-state index contributed by atoms with van der Waals surface area (Å²) >= 11 is 6.18. The lowest BCUT2D eigenvalue weighted by molar-refractivity contribution is -0.136. The molecule has 1 heterocycles. The van der Waals surface area contributed by atoms with Gasteiger partial charge in [-0.2, -0.15) is 0 Å². The Kier molecular flexibility index (Phi) is 4.89. The van der Waals surface area contributed by atoms with Crippen molar-refractivity contribution in [3.05, 3.63) is 28.8 Å². The second-order valence-electron chi connectivity index (χ2n) is 5.27. The molecule has 20 heavy (non-hydrogen) atoms. The van der Waals surface area contributed by atoms with E-state index in [4.69, 9.17) is 22.1 Å². The standard InChI is InChI=1S/C15H21ClN2O2/c1-10(17)12-5-6-14(13(16)9-12)20-11(2)15(19)18-7-3-4-8-18/h5-6,9-11H,3-4,7-8,17H2,1-2H3/t10-,11?/m1/s1. The summed E-state index contributed by atoms with van der Waals surface area (Å²) in [5, 5.41) is 0.487. The van der Waals surface area contributed by atoms with E-state index in [1.165, 1.54) is 0 Å². The summed E-state index contributed by atoms with van der Waals surface area (Å²) in [6, 6.07) is 5.35. The Balaban J connectivity index is 2.03. The molecule has 1 aromatic carbocycles. The van der Waals surface area contributed by atoms with Crippen LogP contribution in [-0.4, -0.2) is 30.0 Å². The summed E-state index contributed by atoms with van der Waals surface area (Å²) in [5.74, 6) is 0.547. The first-order valence-corrected chi connectivity index (χ1v) is 7.37. The van der Waals surface area contributed by atoms with Crippen LogP contribution in [0.1, 0.15) is 38.3 Å². The first kappa shape index (κ1) is 15.1. The average Bonchev–Trinajstić information content (AvgIpc) is 2.93. The number of amides is 1. The summed E-state index contributed by atoms with van der Waals surface area (Å²) in [6.07, 6.45) is 1.62. The Labute approximate surface area is 124 Å². The van der Waals surface area contributed by atoms with Gasteiger partial charge in [-0.25, -0.2) is 0 Å². The number of carbonyl (C=O) groups excluding carboxylic acids is 1. The average molecular weight is 297 g/mol. The molecule has 1 aromatic rings. The van der Waals surface area contributed by atoms with Crippen molar-refractivity contribution in [2.45, 2.75) is 38.8 Å². The smallest absolute Gasteiger partial charge is 0.263 e. The number of hydrogen-bond acceptors (Lipinski definition) is 3. The first-order valence-electron chi connectivity index (χ1n) is 6.99. The van der Waals surface area contributed by atoms with Crippen molar-refractivity contribution >= 4 is 17.5 Å². The van der Waals surface area contributed by atoms with Gasteiger partial charge in [-0.15, -0.1) is 0 Å². The molecule has 1 aliphatic rings. The van der Waals surface area contributed by atoms with Crippen LogP contribution in [0.25, 0.3) is 0 Å². The Morgan fingerprint density at radius 3 is 2.55 bits per heavy atom. The maximum Gasteiger partial charge on any atom is 0.263 e. The van der Waals surface area contributed by atoms with Crippen molar-refractivity contribution in [2.24, 2.45) is 5.73 Å². The van der Waals surface area contributed by atoms with Crippen molar-refractivity contribution in [3.8, 4) is 5.75 Å². The van der Waals surface area contributed by atoms with Crippen LogP contribution in [0.3, 0.4) is 0 Å². The molecule has 0 aromatic heterocycles. The molecule has 0 spiro atoms. The van der Waals surface area contributed by atoms with Crippen molar-refractivity contribution in [2.75, 3.05) is 13.1 Å². The van der Waals surface area contributed by atoms with Gasteiger partial charge in [0.2, 0.25) is 0 Å². The molecule has 1 unspecified atom stereocenters. The van der Waals surface area contributed by atoms with Crippen LogP contribution in [-0.2, 0) is 4.79 Å². The van der Waals surface area contributed by atoms with Gasteiger partial charge in [-0.3, -0.25) is 4.79 Å². The molecule has 1 aliphatic heterocycles. The van der Waals surface area contributed by atoms with E-state index in [1.54, 1.807) is 19.1 Å². The van der Waals surface area contributed by atoms with Gasteiger partial charge in [0.25, 0.3) is 5.91 Å². The molecule has 0 radical (unpaired) electrons. The van der Waals surface area contributed by atoms with Crippen LogP contribution in [0.5, 0.6) is 5.75 Å². The molecule has 1 saturated heterocycles. The van der Waals surface area contributed by atoms with E-state index in [0.29, 0.717) is 10.8 Å². The van der Waals surface area contributed by atoms with Gasteiger partial charge in [-0.1, -0.05) is 17.7 Å². The molecular weight excluding hydrogens is 276 g/mol. The lowest BCUT2D eigenvalue weighted by atomic mass is 10.1. The van der Waals surface area contributed by atoms with Crippen molar-refractivity contribution < 1.29 is 9.53 Å². The number of carbonyl (C=O) groups is 1. The Morgan fingerprint density at radius 1 is 1.35 bits per heavy atom. The zero-order valence-electron chi connectivity index (χ0n) is 11.9. The van der Waals surface area contributed by atoms with Gasteiger partial charge in [0.1, 0.15) is 5.75 Å². The normalized spacial score (nSPS) is 17.9. The second kappa shape index (κ2) is 6.46. The number of halogens is 1. The summed E-state index contributed by atoms with van der Waals surface area (Å²) in [5.41, 5.74) is 6.75. The number of nitrogens with two attached hydrogens (primary N) is 1. The van der Waals surface area contributed by atoms with Crippen molar-refractivity contribution in [3.63, 3.8) is 0 Å². The van der Waals surface area contributed by atoms with Crippen LogP contribution >= 0.6 is 11.6 Å². The lowest BCUT2D eigenvalue weighted by Crippen LogP contribution is -2.38. The molecule has 0 bridgehead atoms. The number of likely N-dealkylation sites (tertiary alicyclic amines) is 1. The number of benzene rings is 1. The largest absolute Gasteiger partial charge is 0.479 e. The fourth-order valence-corrected chi connectivity index (χ4v) is 2.56. The summed E-state index contributed by atoms with van der Waals surface area (Å²) in [7, 11) is 0. The highest BCUT2D eigenvalue weighted by atomic mass is 35.5. The predicted octanol–water partition coefficient (Wildman–Crippen LogP) is 2.75. The molecule has 2 rings (SSSR count). The van der Waals surface area contributed by atoms with E-state index < -0.39 is 6.10 Å². The maximum atomic E-state index is 12.2. The molecule has 4 nitrogen and oxygen atoms in total. The van der Waals surface area contributed by atoms with Crippen LogP contribution in [0, 0.1) is 0 Å². The molecule has 2 N–H and O–H groups in total. The highest BCUT2D eigenvalue weighted by molar-refractivity contribution is 6.32. The minimum Gasteiger partial charge on any atom is -0.479 e. The highest BCUT2D eigenvalue weighted by Crippen LogP contribution is 2.28. The van der Waals surface area contributed by atoms with Gasteiger partial charge < -0.3 is 15.4 Å². The highest BCUT2D eigenvalue weighted by Gasteiger charge is 2.25. The number of ether oxygens (including phenoxy) is 1. The predicted molar refractivity (Wildman–Crippen MR) is 80.0 cm³/mol. The molecular formula is C15H21ClN2O2. The quantitative estimate of drug-likeness (QED) is 0.929. The topological polar surface area (TPSA) is 55.6 Å². The van der Waals surface area contributed by atoms with Crippen LogP contribution in [0.4, 0.5) is 0 Å². The lowest BCUT2D eigenvalue weighted by Gasteiger charge is -2.22. The molecule has 1 amide bonds. The Bertz CT molecular complexity index is 485.